The molecule has 5 heteroatoms. The van der Waals surface area contributed by atoms with E-state index in [1.54, 1.807) is 30.5 Å². The molecule has 1 aromatic heterocycles. The molecule has 0 fully saturated rings. The van der Waals surface area contributed by atoms with Crippen molar-refractivity contribution in [3.8, 4) is 6.07 Å². The van der Waals surface area contributed by atoms with Crippen molar-refractivity contribution in [2.45, 2.75) is 0 Å². The van der Waals surface area contributed by atoms with Gasteiger partial charge in [-0.2, -0.15) is 5.26 Å². The number of H-pyrrole nitrogens is 1. The van der Waals surface area contributed by atoms with Gasteiger partial charge >= 0.3 is 0 Å². The minimum Gasteiger partial charge on any atom is -0.360 e. The predicted molar refractivity (Wildman–Crippen MR) is 82.9 cm³/mol. The van der Waals surface area contributed by atoms with Gasteiger partial charge in [0.2, 0.25) is 0 Å². The van der Waals surface area contributed by atoms with Crippen molar-refractivity contribution in [2.24, 2.45) is 0 Å². The van der Waals surface area contributed by atoms with E-state index in [-0.39, 0.29) is 10.8 Å². The molecule has 0 atom stereocenters. The molecule has 0 saturated heterocycles. The highest BCUT2D eigenvalue weighted by atomic mass is 35.5. The molecule has 3 rings (SSSR count). The zero-order valence-electron chi connectivity index (χ0n) is 10.7. The van der Waals surface area contributed by atoms with E-state index < -0.39 is 0 Å². The summed E-state index contributed by atoms with van der Waals surface area (Å²) >= 11 is 11.9. The van der Waals surface area contributed by atoms with Crippen molar-refractivity contribution in [1.29, 1.82) is 5.26 Å². The van der Waals surface area contributed by atoms with Gasteiger partial charge in [-0.25, -0.2) is 0 Å². The summed E-state index contributed by atoms with van der Waals surface area (Å²) in [6.07, 6.45) is 1.60. The Morgan fingerprint density at radius 2 is 1.95 bits per heavy atom. The van der Waals surface area contributed by atoms with Crippen molar-refractivity contribution in [2.75, 3.05) is 0 Å². The molecule has 0 aliphatic rings. The number of nitrogens with zero attached hydrogens (tertiary/aromatic N) is 1. The van der Waals surface area contributed by atoms with Crippen LogP contribution in [-0.2, 0) is 0 Å². The average Bonchev–Trinajstić information content (AvgIpc) is 2.90. The number of hydrogen-bond donors (Lipinski definition) is 1. The molecule has 0 bridgehead atoms. The number of hydrogen-bond acceptors (Lipinski definition) is 2. The first-order valence-corrected chi connectivity index (χ1v) is 6.87. The van der Waals surface area contributed by atoms with Crippen LogP contribution in [0.1, 0.15) is 21.5 Å². The van der Waals surface area contributed by atoms with Crippen LogP contribution in [0.5, 0.6) is 0 Å². The van der Waals surface area contributed by atoms with Gasteiger partial charge in [0.25, 0.3) is 0 Å². The third-order valence-electron chi connectivity index (χ3n) is 3.25. The Bertz CT molecular complexity index is 906. The summed E-state index contributed by atoms with van der Waals surface area (Å²) in [5.74, 6) is -0.245. The van der Waals surface area contributed by atoms with E-state index in [1.165, 1.54) is 6.07 Å². The van der Waals surface area contributed by atoms with Gasteiger partial charge in [0.15, 0.2) is 5.78 Å². The van der Waals surface area contributed by atoms with Crippen molar-refractivity contribution < 1.29 is 4.79 Å². The molecule has 3 nitrogen and oxygen atoms in total. The molecule has 2 aromatic carbocycles. The van der Waals surface area contributed by atoms with Crippen LogP contribution in [0.3, 0.4) is 0 Å². The predicted octanol–water partition coefficient (Wildman–Crippen LogP) is 4.58. The summed E-state index contributed by atoms with van der Waals surface area (Å²) in [6, 6.07) is 12.1. The third-order valence-corrected chi connectivity index (χ3v) is 3.79. The maximum atomic E-state index is 12.7. The molecule has 0 amide bonds. The molecule has 0 aliphatic heterocycles. The molecule has 0 radical (unpaired) electrons. The third kappa shape index (κ3) is 2.29. The monoisotopic (exact) mass is 314 g/mol. The average molecular weight is 315 g/mol. The highest BCUT2D eigenvalue weighted by Gasteiger charge is 2.19. The number of aromatic nitrogens is 1. The van der Waals surface area contributed by atoms with Crippen LogP contribution in [0.2, 0.25) is 10.0 Å². The van der Waals surface area contributed by atoms with Crippen LogP contribution in [0.15, 0.2) is 42.6 Å². The molecule has 0 unspecified atom stereocenters. The number of fused-ring (bicyclic) bond motifs is 1. The van der Waals surface area contributed by atoms with Crippen molar-refractivity contribution in [3.05, 3.63) is 69.3 Å². The van der Waals surface area contributed by atoms with Gasteiger partial charge in [-0.3, -0.25) is 4.79 Å². The van der Waals surface area contributed by atoms with Gasteiger partial charge in [0.1, 0.15) is 0 Å². The number of rotatable bonds is 2. The number of carbonyl (C=O) groups is 1. The Balaban J connectivity index is 2.21. The Kier molecular flexibility index (Phi) is 3.42. The van der Waals surface area contributed by atoms with Gasteiger partial charge in [-0.1, -0.05) is 29.3 Å². The van der Waals surface area contributed by atoms with Crippen LogP contribution in [0.4, 0.5) is 0 Å². The Morgan fingerprint density at radius 3 is 2.67 bits per heavy atom. The normalized spacial score (nSPS) is 10.5. The summed E-state index contributed by atoms with van der Waals surface area (Å²) in [5, 5.41) is 10.6. The highest BCUT2D eigenvalue weighted by molar-refractivity contribution is 6.38. The van der Waals surface area contributed by atoms with Crippen LogP contribution in [0.25, 0.3) is 10.9 Å². The fourth-order valence-electron chi connectivity index (χ4n) is 2.28. The van der Waals surface area contributed by atoms with E-state index in [4.69, 9.17) is 23.2 Å². The van der Waals surface area contributed by atoms with Gasteiger partial charge in [-0.05, 0) is 30.3 Å². The van der Waals surface area contributed by atoms with E-state index >= 15 is 0 Å². The second kappa shape index (κ2) is 5.25. The lowest BCUT2D eigenvalue weighted by molar-refractivity contribution is 0.104. The van der Waals surface area contributed by atoms with Crippen LogP contribution >= 0.6 is 23.2 Å². The molecular formula is C16H8Cl2N2O. The second-order valence-corrected chi connectivity index (χ2v) is 5.34. The van der Waals surface area contributed by atoms with Gasteiger partial charge in [0, 0.05) is 33.2 Å². The lowest BCUT2D eigenvalue weighted by Crippen LogP contribution is -2.02. The molecule has 21 heavy (non-hydrogen) atoms. The second-order valence-electron chi connectivity index (χ2n) is 4.50. The Morgan fingerprint density at radius 1 is 1.14 bits per heavy atom. The number of ketones is 1. The molecule has 3 aromatic rings. The molecule has 0 spiro atoms. The van der Waals surface area contributed by atoms with E-state index in [0.717, 1.165) is 5.52 Å². The zero-order chi connectivity index (χ0) is 15.0. The quantitative estimate of drug-likeness (QED) is 0.704. The minimum absolute atomic E-state index is 0.245. The summed E-state index contributed by atoms with van der Waals surface area (Å²) in [6.45, 7) is 0. The first-order valence-electron chi connectivity index (χ1n) is 6.12. The molecular weight excluding hydrogens is 307 g/mol. The van der Waals surface area contributed by atoms with Gasteiger partial charge in [0.05, 0.1) is 16.7 Å². The molecule has 102 valence electrons. The number of halogens is 2. The summed E-state index contributed by atoms with van der Waals surface area (Å²) in [7, 11) is 0. The van der Waals surface area contributed by atoms with Gasteiger partial charge < -0.3 is 4.98 Å². The fourth-order valence-corrected chi connectivity index (χ4v) is 2.77. The van der Waals surface area contributed by atoms with E-state index in [1.807, 2.05) is 6.07 Å². The fraction of sp³-hybridized carbons (Fsp3) is 0. The lowest BCUT2D eigenvalue weighted by Gasteiger charge is -2.04. The Labute approximate surface area is 130 Å². The number of carbonyl (C=O) groups excluding carboxylic acids is 1. The summed E-state index contributed by atoms with van der Waals surface area (Å²) in [4.78, 5) is 15.7. The molecule has 1 N–H and O–H groups in total. The number of nitriles is 1. The summed E-state index contributed by atoms with van der Waals surface area (Å²) < 4.78 is 0. The van der Waals surface area contributed by atoms with Crippen molar-refractivity contribution >= 4 is 39.9 Å². The standard InChI is InChI=1S/C16H8Cl2N2O/c17-10-4-5-11(13(18)6-10)16(21)12-8-20-14-3-1-2-9(7-19)15(12)14/h1-6,8,20H. The largest absolute Gasteiger partial charge is 0.360 e. The number of benzene rings is 2. The highest BCUT2D eigenvalue weighted by Crippen LogP contribution is 2.28. The maximum absolute atomic E-state index is 12.7. The molecule has 1 heterocycles. The summed E-state index contributed by atoms with van der Waals surface area (Å²) in [5.41, 5.74) is 1.96. The minimum atomic E-state index is -0.245. The molecule has 0 saturated carbocycles. The first kappa shape index (κ1) is 13.7. The van der Waals surface area contributed by atoms with E-state index in [9.17, 15) is 10.1 Å². The van der Waals surface area contributed by atoms with Crippen molar-refractivity contribution in [1.82, 2.24) is 4.98 Å². The maximum Gasteiger partial charge on any atom is 0.196 e. The van der Waals surface area contributed by atoms with E-state index in [2.05, 4.69) is 11.1 Å². The van der Waals surface area contributed by atoms with Crippen molar-refractivity contribution in [3.63, 3.8) is 0 Å². The first-order chi connectivity index (χ1) is 10.1. The van der Waals surface area contributed by atoms with Gasteiger partial charge in [-0.15, -0.1) is 0 Å². The number of aromatic amines is 1. The lowest BCUT2D eigenvalue weighted by atomic mass is 10.00. The van der Waals surface area contributed by atoms with E-state index in [0.29, 0.717) is 27.1 Å². The number of nitrogens with one attached hydrogen (secondary N) is 1. The topological polar surface area (TPSA) is 56.6 Å². The van der Waals surface area contributed by atoms with Crippen LogP contribution in [-0.4, -0.2) is 10.8 Å². The van der Waals surface area contributed by atoms with Crippen LogP contribution in [0, 0.1) is 11.3 Å². The van der Waals surface area contributed by atoms with Crippen LogP contribution < -0.4 is 0 Å². The SMILES string of the molecule is N#Cc1cccc2[nH]cc(C(=O)c3ccc(Cl)cc3Cl)c12. The zero-order valence-corrected chi connectivity index (χ0v) is 12.2. The Hall–Kier alpha value is -2.28. The smallest absolute Gasteiger partial charge is 0.196 e. The molecule has 0 aliphatic carbocycles.